The van der Waals surface area contributed by atoms with Gasteiger partial charge in [0, 0.05) is 19.7 Å². The Morgan fingerprint density at radius 2 is 2.27 bits per heavy atom. The first kappa shape index (κ1) is 12.1. The Hall–Kier alpha value is -0.940. The van der Waals surface area contributed by atoms with E-state index in [0.29, 0.717) is 0 Å². The molecule has 0 aliphatic carbocycles. The van der Waals surface area contributed by atoms with Crippen molar-refractivity contribution in [3.63, 3.8) is 0 Å². The number of hydrogen-bond donors (Lipinski definition) is 1. The molecule has 1 aromatic rings. The molecule has 0 aliphatic rings. The summed E-state index contributed by atoms with van der Waals surface area (Å²) in [4.78, 5) is 3.78. The van der Waals surface area contributed by atoms with E-state index in [2.05, 4.69) is 4.98 Å². The highest BCUT2D eigenvalue weighted by atomic mass is 35.5. The van der Waals surface area contributed by atoms with Crippen LogP contribution in [0.3, 0.4) is 0 Å². The highest BCUT2D eigenvalue weighted by Gasteiger charge is 2.22. The van der Waals surface area contributed by atoms with Gasteiger partial charge in [0.1, 0.15) is 5.02 Å². The molecule has 0 aliphatic heterocycles. The van der Waals surface area contributed by atoms with Crippen LogP contribution in [-0.2, 0) is 6.54 Å². The average molecular weight is 237 g/mol. The Morgan fingerprint density at radius 3 is 2.73 bits per heavy atom. The Labute approximate surface area is 91.2 Å². The number of hydrogen-bond acceptors (Lipinski definition) is 3. The first-order chi connectivity index (χ1) is 6.92. The molecule has 1 aromatic heterocycles. The van der Waals surface area contributed by atoms with Gasteiger partial charge in [0.25, 0.3) is 5.92 Å². The third kappa shape index (κ3) is 3.97. The van der Waals surface area contributed by atoms with Crippen molar-refractivity contribution in [3.05, 3.63) is 22.8 Å². The minimum absolute atomic E-state index is 0.00427. The minimum atomic E-state index is -2.91. The summed E-state index contributed by atoms with van der Waals surface area (Å²) in [6.45, 7) is 0.299. The monoisotopic (exact) mass is 236 g/mol. The van der Waals surface area contributed by atoms with Gasteiger partial charge in [-0.05, 0) is 11.6 Å². The maximum absolute atomic E-state index is 12.5. The van der Waals surface area contributed by atoms with Gasteiger partial charge in [-0.3, -0.25) is 0 Å². The van der Waals surface area contributed by atoms with Crippen LogP contribution in [0, 0.1) is 0 Å². The molecule has 0 aromatic carbocycles. The molecule has 0 saturated carbocycles. The molecule has 1 rings (SSSR count). The molecule has 6 heteroatoms. The van der Waals surface area contributed by atoms with Crippen LogP contribution in [0.2, 0.25) is 5.02 Å². The van der Waals surface area contributed by atoms with Gasteiger partial charge in [0.2, 0.25) is 5.88 Å². The largest absolute Gasteiger partial charge is 0.470 e. The number of aromatic nitrogens is 1. The highest BCUT2D eigenvalue weighted by molar-refractivity contribution is 6.31. The zero-order chi connectivity index (χ0) is 11.5. The van der Waals surface area contributed by atoms with E-state index >= 15 is 0 Å². The topological polar surface area (TPSA) is 48.1 Å². The van der Waals surface area contributed by atoms with Crippen molar-refractivity contribution in [2.24, 2.45) is 5.73 Å². The second-order valence-corrected chi connectivity index (χ2v) is 3.60. The maximum atomic E-state index is 12.5. The first-order valence-corrected chi connectivity index (χ1v) is 4.65. The molecule has 0 unspecified atom stereocenters. The van der Waals surface area contributed by atoms with Gasteiger partial charge in [-0.15, -0.1) is 0 Å². The number of halogens is 3. The molecule has 84 valence electrons. The number of nitrogens with two attached hydrogens (primary N) is 1. The van der Waals surface area contributed by atoms with Crippen molar-refractivity contribution >= 4 is 11.6 Å². The molecule has 0 radical (unpaired) electrons. The second kappa shape index (κ2) is 4.72. The van der Waals surface area contributed by atoms with E-state index < -0.39 is 12.5 Å². The molecule has 1 heterocycles. The number of alkyl halides is 2. The van der Waals surface area contributed by atoms with Gasteiger partial charge in [-0.25, -0.2) is 13.8 Å². The minimum Gasteiger partial charge on any atom is -0.470 e. The summed E-state index contributed by atoms with van der Waals surface area (Å²) in [6.07, 6.45) is 1.44. The molecule has 0 bridgehead atoms. The van der Waals surface area contributed by atoms with Crippen LogP contribution in [0.4, 0.5) is 8.78 Å². The molecule has 3 nitrogen and oxygen atoms in total. The Balaban J connectivity index is 2.70. The summed E-state index contributed by atoms with van der Waals surface area (Å²) in [6, 6.07) is 1.54. The van der Waals surface area contributed by atoms with E-state index in [1.165, 1.54) is 12.3 Å². The molecule has 0 saturated heterocycles. The van der Waals surface area contributed by atoms with Crippen molar-refractivity contribution in [1.82, 2.24) is 4.98 Å². The summed E-state index contributed by atoms with van der Waals surface area (Å²) in [7, 11) is 0. The summed E-state index contributed by atoms with van der Waals surface area (Å²) in [5.41, 5.74) is 6.07. The Morgan fingerprint density at radius 1 is 1.60 bits per heavy atom. The maximum Gasteiger partial charge on any atom is 0.278 e. The summed E-state index contributed by atoms with van der Waals surface area (Å²) < 4.78 is 29.7. The fourth-order valence-corrected chi connectivity index (χ4v) is 1.12. The molecule has 0 amide bonds. The lowest BCUT2D eigenvalue weighted by molar-refractivity contribution is -0.0242. The van der Waals surface area contributed by atoms with Crippen LogP contribution in [0.15, 0.2) is 12.3 Å². The number of rotatable bonds is 4. The van der Waals surface area contributed by atoms with Gasteiger partial charge in [0.15, 0.2) is 6.61 Å². The second-order valence-electron chi connectivity index (χ2n) is 3.19. The SMILES string of the molecule is CC(F)(F)COc1ncc(CN)cc1Cl. The van der Waals surface area contributed by atoms with Crippen molar-refractivity contribution in [2.45, 2.75) is 19.4 Å². The first-order valence-electron chi connectivity index (χ1n) is 4.27. The van der Waals surface area contributed by atoms with Gasteiger partial charge < -0.3 is 10.5 Å². The predicted molar refractivity (Wildman–Crippen MR) is 53.3 cm³/mol. The van der Waals surface area contributed by atoms with Crippen molar-refractivity contribution < 1.29 is 13.5 Å². The van der Waals surface area contributed by atoms with Crippen molar-refractivity contribution in [3.8, 4) is 5.88 Å². The van der Waals surface area contributed by atoms with Gasteiger partial charge in [0.05, 0.1) is 0 Å². The smallest absolute Gasteiger partial charge is 0.278 e. The number of pyridine rings is 1. The fourth-order valence-electron chi connectivity index (χ4n) is 0.878. The molecule has 0 atom stereocenters. The lowest BCUT2D eigenvalue weighted by Crippen LogP contribution is -2.21. The molecular formula is C9H11ClF2N2O. The highest BCUT2D eigenvalue weighted by Crippen LogP contribution is 2.24. The van der Waals surface area contributed by atoms with E-state index in [1.54, 1.807) is 0 Å². The van der Waals surface area contributed by atoms with Crippen LogP contribution in [-0.4, -0.2) is 17.5 Å². The quantitative estimate of drug-likeness (QED) is 0.872. The van der Waals surface area contributed by atoms with Gasteiger partial charge in [-0.2, -0.15) is 0 Å². The van der Waals surface area contributed by atoms with Crippen LogP contribution in [0.1, 0.15) is 12.5 Å². The van der Waals surface area contributed by atoms with E-state index in [-0.39, 0.29) is 17.4 Å². The van der Waals surface area contributed by atoms with Gasteiger partial charge >= 0.3 is 0 Å². The lowest BCUT2D eigenvalue weighted by Gasteiger charge is -2.12. The fraction of sp³-hybridized carbons (Fsp3) is 0.444. The van der Waals surface area contributed by atoms with Crippen molar-refractivity contribution in [1.29, 1.82) is 0 Å². The summed E-state index contributed by atoms with van der Waals surface area (Å²) in [5.74, 6) is -2.91. The van der Waals surface area contributed by atoms with E-state index in [1.807, 2.05) is 0 Å². The van der Waals surface area contributed by atoms with Crippen LogP contribution in [0.5, 0.6) is 5.88 Å². The van der Waals surface area contributed by atoms with Crippen LogP contribution < -0.4 is 10.5 Å². The molecule has 0 spiro atoms. The van der Waals surface area contributed by atoms with Crippen LogP contribution in [0.25, 0.3) is 0 Å². The zero-order valence-electron chi connectivity index (χ0n) is 8.14. The molecule has 0 fully saturated rings. The van der Waals surface area contributed by atoms with E-state index in [0.717, 1.165) is 12.5 Å². The van der Waals surface area contributed by atoms with Gasteiger partial charge in [-0.1, -0.05) is 11.6 Å². The molecule has 15 heavy (non-hydrogen) atoms. The third-order valence-electron chi connectivity index (χ3n) is 1.56. The number of ether oxygens (including phenoxy) is 1. The third-order valence-corrected chi connectivity index (χ3v) is 1.83. The Kier molecular flexibility index (Phi) is 3.82. The lowest BCUT2D eigenvalue weighted by atomic mass is 10.3. The molecular weight excluding hydrogens is 226 g/mol. The normalized spacial score (nSPS) is 11.5. The summed E-state index contributed by atoms with van der Waals surface area (Å²) in [5, 5.41) is 0.183. The standard InChI is InChI=1S/C9H11ClF2N2O/c1-9(11,12)5-15-8-7(10)2-6(3-13)4-14-8/h2,4H,3,5,13H2,1H3. The number of nitrogens with zero attached hydrogens (tertiary/aromatic N) is 1. The Bertz CT molecular complexity index is 341. The average Bonchev–Trinajstić information content (AvgIpc) is 2.14. The molecule has 2 N–H and O–H groups in total. The van der Waals surface area contributed by atoms with Crippen molar-refractivity contribution in [2.75, 3.05) is 6.61 Å². The predicted octanol–water partition coefficient (Wildman–Crippen LogP) is 2.23. The van der Waals surface area contributed by atoms with E-state index in [9.17, 15) is 8.78 Å². The zero-order valence-corrected chi connectivity index (χ0v) is 8.89. The van der Waals surface area contributed by atoms with Crippen LogP contribution >= 0.6 is 11.6 Å². The van der Waals surface area contributed by atoms with E-state index in [4.69, 9.17) is 22.1 Å². The summed E-state index contributed by atoms with van der Waals surface area (Å²) >= 11 is 5.75.